The van der Waals surface area contributed by atoms with E-state index in [0.29, 0.717) is 11.4 Å². The first-order chi connectivity index (χ1) is 11.7. The van der Waals surface area contributed by atoms with Crippen molar-refractivity contribution in [2.75, 3.05) is 11.9 Å². The summed E-state index contributed by atoms with van der Waals surface area (Å²) < 4.78 is 0. The molecule has 1 aromatic heterocycles. The van der Waals surface area contributed by atoms with Gasteiger partial charge in [-0.1, -0.05) is 25.1 Å². The highest BCUT2D eigenvalue weighted by Gasteiger charge is 2.33. The average Bonchev–Trinajstić information content (AvgIpc) is 3.16. The Balaban J connectivity index is 1.74. The van der Waals surface area contributed by atoms with Crippen molar-refractivity contribution in [2.24, 2.45) is 0 Å². The molecular weight excluding hydrogens is 320 g/mol. The van der Waals surface area contributed by atoms with E-state index >= 15 is 0 Å². The molecule has 0 radical (unpaired) electrons. The molecule has 1 aromatic carbocycles. The first-order valence-electron chi connectivity index (χ1n) is 8.43. The number of piperidine rings is 1. The van der Waals surface area contributed by atoms with Gasteiger partial charge in [-0.3, -0.25) is 9.59 Å². The third kappa shape index (κ3) is 3.67. The minimum absolute atomic E-state index is 0.0350. The van der Waals surface area contributed by atoms with Gasteiger partial charge in [-0.25, -0.2) is 0 Å². The Morgan fingerprint density at radius 3 is 2.88 bits per heavy atom. The van der Waals surface area contributed by atoms with Crippen LogP contribution in [0.25, 0.3) is 0 Å². The zero-order chi connectivity index (χ0) is 16.9. The summed E-state index contributed by atoms with van der Waals surface area (Å²) in [5.41, 5.74) is 1.98. The maximum atomic E-state index is 12.7. The van der Waals surface area contributed by atoms with Crippen molar-refractivity contribution >= 4 is 28.8 Å². The Labute approximate surface area is 146 Å². The summed E-state index contributed by atoms with van der Waals surface area (Å²) in [7, 11) is 0. The van der Waals surface area contributed by atoms with Crippen LogP contribution in [-0.2, 0) is 11.2 Å². The molecule has 0 saturated carbocycles. The van der Waals surface area contributed by atoms with Crippen LogP contribution in [0.5, 0.6) is 0 Å². The number of carbonyl (C=O) groups excluding carboxylic acids is 2. The second kappa shape index (κ2) is 7.62. The molecule has 5 heteroatoms. The highest BCUT2D eigenvalue weighted by Crippen LogP contribution is 2.23. The molecule has 126 valence electrons. The predicted octanol–water partition coefficient (Wildman–Crippen LogP) is 3.94. The van der Waals surface area contributed by atoms with Crippen LogP contribution < -0.4 is 5.32 Å². The molecule has 1 aliphatic heterocycles. The number of anilines is 1. The van der Waals surface area contributed by atoms with E-state index in [1.54, 1.807) is 4.90 Å². The SMILES string of the molecule is CCc1cccc(NC(=O)C2CCCCN2C(=O)c2cccs2)c1. The van der Waals surface area contributed by atoms with Gasteiger partial charge in [0, 0.05) is 12.2 Å². The van der Waals surface area contributed by atoms with Crippen molar-refractivity contribution in [3.05, 3.63) is 52.2 Å². The summed E-state index contributed by atoms with van der Waals surface area (Å²) in [6, 6.07) is 11.2. The van der Waals surface area contributed by atoms with Crippen LogP contribution in [0.15, 0.2) is 41.8 Å². The molecule has 1 N–H and O–H groups in total. The molecule has 1 fully saturated rings. The van der Waals surface area contributed by atoms with Gasteiger partial charge < -0.3 is 10.2 Å². The fraction of sp³-hybridized carbons (Fsp3) is 0.368. The maximum Gasteiger partial charge on any atom is 0.264 e. The normalized spacial score (nSPS) is 17.5. The minimum Gasteiger partial charge on any atom is -0.326 e. The number of thiophene rings is 1. The summed E-state index contributed by atoms with van der Waals surface area (Å²) in [4.78, 5) is 27.9. The molecule has 2 amide bonds. The topological polar surface area (TPSA) is 49.4 Å². The predicted molar refractivity (Wildman–Crippen MR) is 97.4 cm³/mol. The molecule has 2 aromatic rings. The molecule has 4 nitrogen and oxygen atoms in total. The monoisotopic (exact) mass is 342 g/mol. The van der Waals surface area contributed by atoms with Gasteiger partial charge in [0.1, 0.15) is 6.04 Å². The second-order valence-electron chi connectivity index (χ2n) is 6.03. The summed E-state index contributed by atoms with van der Waals surface area (Å²) in [6.45, 7) is 2.73. The van der Waals surface area contributed by atoms with Gasteiger partial charge in [-0.15, -0.1) is 11.3 Å². The summed E-state index contributed by atoms with van der Waals surface area (Å²) in [5.74, 6) is -0.125. The fourth-order valence-corrected chi connectivity index (χ4v) is 3.76. The number of aryl methyl sites for hydroxylation is 1. The number of amides is 2. The smallest absolute Gasteiger partial charge is 0.264 e. The quantitative estimate of drug-likeness (QED) is 0.915. The Hall–Kier alpha value is -2.14. The van der Waals surface area contributed by atoms with E-state index in [0.717, 1.165) is 31.4 Å². The van der Waals surface area contributed by atoms with Crippen LogP contribution in [0.2, 0.25) is 0 Å². The summed E-state index contributed by atoms with van der Waals surface area (Å²) in [6.07, 6.45) is 3.57. The van der Waals surface area contributed by atoms with Gasteiger partial charge in [0.15, 0.2) is 0 Å². The Kier molecular flexibility index (Phi) is 5.30. The van der Waals surface area contributed by atoms with Crippen molar-refractivity contribution < 1.29 is 9.59 Å². The van der Waals surface area contributed by atoms with E-state index in [1.807, 2.05) is 41.8 Å². The number of nitrogens with zero attached hydrogens (tertiary/aromatic N) is 1. The molecule has 0 spiro atoms. The van der Waals surface area contributed by atoms with E-state index in [1.165, 1.54) is 16.9 Å². The van der Waals surface area contributed by atoms with E-state index in [-0.39, 0.29) is 11.8 Å². The van der Waals surface area contributed by atoms with Crippen molar-refractivity contribution in [1.29, 1.82) is 0 Å². The lowest BCUT2D eigenvalue weighted by Crippen LogP contribution is -2.49. The molecule has 2 heterocycles. The van der Waals surface area contributed by atoms with Crippen molar-refractivity contribution in [3.8, 4) is 0 Å². The molecule has 1 unspecified atom stereocenters. The van der Waals surface area contributed by atoms with Gasteiger partial charge in [0.25, 0.3) is 5.91 Å². The lowest BCUT2D eigenvalue weighted by molar-refractivity contribution is -0.121. The van der Waals surface area contributed by atoms with Crippen LogP contribution in [0.1, 0.15) is 41.4 Å². The molecule has 0 aliphatic carbocycles. The van der Waals surface area contributed by atoms with Crippen LogP contribution in [0.4, 0.5) is 5.69 Å². The molecular formula is C19H22N2O2S. The molecule has 1 aliphatic rings. The minimum atomic E-state index is -0.390. The van der Waals surface area contributed by atoms with Crippen molar-refractivity contribution in [3.63, 3.8) is 0 Å². The zero-order valence-corrected chi connectivity index (χ0v) is 14.6. The molecule has 0 bridgehead atoms. The Morgan fingerprint density at radius 2 is 2.12 bits per heavy atom. The largest absolute Gasteiger partial charge is 0.326 e. The average molecular weight is 342 g/mol. The maximum absolute atomic E-state index is 12.7. The second-order valence-corrected chi connectivity index (χ2v) is 6.98. The summed E-state index contributed by atoms with van der Waals surface area (Å²) >= 11 is 1.42. The number of nitrogens with one attached hydrogen (secondary N) is 1. The van der Waals surface area contributed by atoms with Crippen LogP contribution in [-0.4, -0.2) is 29.3 Å². The lowest BCUT2D eigenvalue weighted by Gasteiger charge is -2.34. The highest BCUT2D eigenvalue weighted by molar-refractivity contribution is 7.12. The van der Waals surface area contributed by atoms with E-state index < -0.39 is 6.04 Å². The summed E-state index contributed by atoms with van der Waals surface area (Å²) in [5, 5.41) is 4.88. The van der Waals surface area contributed by atoms with Gasteiger partial charge in [0.2, 0.25) is 5.91 Å². The number of hydrogen-bond donors (Lipinski definition) is 1. The fourth-order valence-electron chi connectivity index (χ4n) is 3.08. The number of hydrogen-bond acceptors (Lipinski definition) is 3. The van der Waals surface area contributed by atoms with Crippen LogP contribution >= 0.6 is 11.3 Å². The van der Waals surface area contributed by atoms with E-state index in [9.17, 15) is 9.59 Å². The lowest BCUT2D eigenvalue weighted by atomic mass is 10.0. The molecule has 1 atom stereocenters. The molecule has 3 rings (SSSR count). The Morgan fingerprint density at radius 1 is 1.25 bits per heavy atom. The number of benzene rings is 1. The first-order valence-corrected chi connectivity index (χ1v) is 9.31. The van der Waals surface area contributed by atoms with Gasteiger partial charge in [0.05, 0.1) is 4.88 Å². The van der Waals surface area contributed by atoms with Crippen molar-refractivity contribution in [1.82, 2.24) is 4.90 Å². The van der Waals surface area contributed by atoms with Crippen molar-refractivity contribution in [2.45, 2.75) is 38.6 Å². The van der Waals surface area contributed by atoms with Gasteiger partial charge >= 0.3 is 0 Å². The third-order valence-electron chi connectivity index (χ3n) is 4.40. The number of rotatable bonds is 4. The number of carbonyl (C=O) groups is 2. The van der Waals surface area contributed by atoms with Gasteiger partial charge in [-0.05, 0) is 54.8 Å². The number of likely N-dealkylation sites (tertiary alicyclic amines) is 1. The Bertz CT molecular complexity index is 712. The molecule has 24 heavy (non-hydrogen) atoms. The van der Waals surface area contributed by atoms with Crippen LogP contribution in [0.3, 0.4) is 0 Å². The highest BCUT2D eigenvalue weighted by atomic mass is 32.1. The van der Waals surface area contributed by atoms with E-state index in [4.69, 9.17) is 0 Å². The van der Waals surface area contributed by atoms with E-state index in [2.05, 4.69) is 12.2 Å². The van der Waals surface area contributed by atoms with Crippen LogP contribution in [0, 0.1) is 0 Å². The molecule has 1 saturated heterocycles. The standard InChI is InChI=1S/C19H22N2O2S/c1-2-14-7-5-8-15(13-14)20-18(22)16-9-3-4-11-21(16)19(23)17-10-6-12-24-17/h5-8,10,12-13,16H,2-4,9,11H2,1H3,(H,20,22). The zero-order valence-electron chi connectivity index (χ0n) is 13.8. The van der Waals surface area contributed by atoms with Gasteiger partial charge in [-0.2, -0.15) is 0 Å². The first kappa shape index (κ1) is 16.7. The third-order valence-corrected chi connectivity index (χ3v) is 5.26.